The quantitative estimate of drug-likeness (QED) is 0.860. The Morgan fingerprint density at radius 1 is 1.33 bits per heavy atom. The summed E-state index contributed by atoms with van der Waals surface area (Å²) in [6.45, 7) is 2.95. The molecule has 0 unspecified atom stereocenters. The van der Waals surface area contributed by atoms with Gasteiger partial charge in [-0.3, -0.25) is 9.59 Å². The number of amides is 1. The molecule has 1 fully saturated rings. The van der Waals surface area contributed by atoms with Gasteiger partial charge >= 0.3 is 0 Å². The van der Waals surface area contributed by atoms with E-state index < -0.39 is 0 Å². The molecule has 0 atom stereocenters. The van der Waals surface area contributed by atoms with E-state index in [0.717, 1.165) is 0 Å². The molecule has 98 valence electrons. The summed E-state index contributed by atoms with van der Waals surface area (Å²) in [5.41, 5.74) is 0.552. The van der Waals surface area contributed by atoms with E-state index in [1.165, 1.54) is 44.4 Å². The third-order valence-corrected chi connectivity index (χ3v) is 3.78. The highest BCUT2D eigenvalue weighted by Gasteiger charge is 2.27. The summed E-state index contributed by atoms with van der Waals surface area (Å²) in [7, 11) is 0. The second kappa shape index (κ2) is 5.38. The van der Waals surface area contributed by atoms with Crippen LogP contribution in [0.2, 0.25) is 0 Å². The second-order valence-electron chi connectivity index (χ2n) is 5.50. The maximum absolute atomic E-state index is 11.9. The topological polar surface area (TPSA) is 62.0 Å². The van der Waals surface area contributed by atoms with E-state index in [9.17, 15) is 9.59 Å². The Balaban J connectivity index is 1.91. The number of hydrogen-bond donors (Lipinski definition) is 2. The lowest BCUT2D eigenvalue weighted by molar-refractivity contribution is 0.0919. The Kier molecular flexibility index (Phi) is 3.84. The Morgan fingerprint density at radius 3 is 2.67 bits per heavy atom. The van der Waals surface area contributed by atoms with Gasteiger partial charge < -0.3 is 10.3 Å². The van der Waals surface area contributed by atoms with E-state index in [0.29, 0.717) is 12.1 Å². The lowest BCUT2D eigenvalue weighted by Gasteiger charge is -2.33. The van der Waals surface area contributed by atoms with E-state index in [1.54, 1.807) is 6.07 Å². The van der Waals surface area contributed by atoms with Crippen LogP contribution in [-0.2, 0) is 0 Å². The minimum Gasteiger partial charge on any atom is -0.351 e. The maximum Gasteiger partial charge on any atom is 0.252 e. The van der Waals surface area contributed by atoms with E-state index in [1.807, 2.05) is 0 Å². The lowest BCUT2D eigenvalue weighted by atomic mass is 9.76. The molecule has 4 heteroatoms. The summed E-state index contributed by atoms with van der Waals surface area (Å²) < 4.78 is 0. The van der Waals surface area contributed by atoms with Crippen molar-refractivity contribution in [2.24, 2.45) is 5.41 Å². The number of hydrogen-bond acceptors (Lipinski definition) is 2. The fourth-order valence-corrected chi connectivity index (χ4v) is 2.53. The largest absolute Gasteiger partial charge is 0.351 e. The molecule has 2 rings (SSSR count). The van der Waals surface area contributed by atoms with Crippen LogP contribution in [0.3, 0.4) is 0 Å². The first-order valence-electron chi connectivity index (χ1n) is 6.56. The average molecular weight is 248 g/mol. The summed E-state index contributed by atoms with van der Waals surface area (Å²) in [4.78, 5) is 25.3. The molecule has 1 saturated carbocycles. The van der Waals surface area contributed by atoms with Crippen LogP contribution in [0.5, 0.6) is 0 Å². The lowest BCUT2D eigenvalue weighted by Crippen LogP contribution is -2.37. The molecule has 4 nitrogen and oxygen atoms in total. The van der Waals surface area contributed by atoms with Gasteiger partial charge in [-0.1, -0.05) is 26.2 Å². The van der Waals surface area contributed by atoms with Gasteiger partial charge in [0.05, 0.1) is 5.56 Å². The molecule has 1 heterocycles. The number of rotatable bonds is 3. The van der Waals surface area contributed by atoms with E-state index in [2.05, 4.69) is 17.2 Å². The van der Waals surface area contributed by atoms with Crippen molar-refractivity contribution in [3.8, 4) is 0 Å². The number of nitrogens with one attached hydrogen (secondary N) is 2. The van der Waals surface area contributed by atoms with Gasteiger partial charge in [-0.15, -0.1) is 0 Å². The summed E-state index contributed by atoms with van der Waals surface area (Å²) in [5.74, 6) is -0.113. The van der Waals surface area contributed by atoms with E-state index >= 15 is 0 Å². The van der Waals surface area contributed by atoms with Crippen LogP contribution in [0.4, 0.5) is 0 Å². The van der Waals surface area contributed by atoms with Crippen LogP contribution in [0.1, 0.15) is 49.4 Å². The summed E-state index contributed by atoms with van der Waals surface area (Å²) in [5, 5.41) is 2.97. The molecule has 0 radical (unpaired) electrons. The first-order chi connectivity index (χ1) is 8.59. The van der Waals surface area contributed by atoms with Crippen molar-refractivity contribution < 1.29 is 4.79 Å². The minimum absolute atomic E-state index is 0.113. The smallest absolute Gasteiger partial charge is 0.252 e. The molecule has 0 saturated heterocycles. The van der Waals surface area contributed by atoms with E-state index in [4.69, 9.17) is 0 Å². The zero-order valence-electron chi connectivity index (χ0n) is 10.8. The van der Waals surface area contributed by atoms with Crippen LogP contribution in [0.15, 0.2) is 23.1 Å². The molecule has 1 aromatic heterocycles. The molecular weight excluding hydrogens is 228 g/mol. The zero-order chi connectivity index (χ0) is 13.0. The Labute approximate surface area is 107 Å². The number of H-pyrrole nitrogens is 1. The highest BCUT2D eigenvalue weighted by atomic mass is 16.1. The number of carbonyl (C=O) groups excluding carboxylic acids is 1. The van der Waals surface area contributed by atoms with Crippen LogP contribution in [-0.4, -0.2) is 17.4 Å². The van der Waals surface area contributed by atoms with Gasteiger partial charge in [-0.05, 0) is 24.3 Å². The van der Waals surface area contributed by atoms with Crippen molar-refractivity contribution in [2.45, 2.75) is 39.0 Å². The predicted octanol–water partition coefficient (Wildman–Crippen LogP) is 2.08. The molecule has 1 aromatic rings. The Morgan fingerprint density at radius 2 is 2.06 bits per heavy atom. The van der Waals surface area contributed by atoms with Gasteiger partial charge in [0.15, 0.2) is 0 Å². The van der Waals surface area contributed by atoms with Crippen LogP contribution >= 0.6 is 0 Å². The maximum atomic E-state index is 11.9. The van der Waals surface area contributed by atoms with Gasteiger partial charge in [-0.25, -0.2) is 0 Å². The highest BCUT2D eigenvalue weighted by molar-refractivity contribution is 5.93. The number of aromatic nitrogens is 1. The summed E-state index contributed by atoms with van der Waals surface area (Å²) in [6, 6.07) is 2.93. The van der Waals surface area contributed by atoms with Crippen molar-refractivity contribution >= 4 is 5.91 Å². The molecule has 1 amide bonds. The highest BCUT2D eigenvalue weighted by Crippen LogP contribution is 2.34. The summed E-state index contributed by atoms with van der Waals surface area (Å²) >= 11 is 0. The van der Waals surface area contributed by atoms with Crippen LogP contribution in [0.25, 0.3) is 0 Å². The van der Waals surface area contributed by atoms with Gasteiger partial charge in [0.1, 0.15) is 0 Å². The van der Waals surface area contributed by atoms with Gasteiger partial charge in [0, 0.05) is 18.8 Å². The van der Waals surface area contributed by atoms with Gasteiger partial charge in [0.2, 0.25) is 5.56 Å². The minimum atomic E-state index is -0.189. The van der Waals surface area contributed by atoms with Crippen molar-refractivity contribution in [3.63, 3.8) is 0 Å². The first-order valence-corrected chi connectivity index (χ1v) is 6.56. The normalized spacial score (nSPS) is 18.3. The molecule has 1 aliphatic rings. The zero-order valence-corrected chi connectivity index (χ0v) is 10.8. The van der Waals surface area contributed by atoms with Crippen LogP contribution < -0.4 is 10.9 Å². The number of aromatic amines is 1. The number of carbonyl (C=O) groups is 1. The molecule has 0 spiro atoms. The van der Waals surface area contributed by atoms with Gasteiger partial charge in [-0.2, -0.15) is 0 Å². The third-order valence-electron chi connectivity index (χ3n) is 3.78. The number of pyridine rings is 1. The molecule has 0 aromatic carbocycles. The SMILES string of the molecule is CC1(CNC(=O)c2ccc(=O)[nH]c2)CCCCC1. The molecule has 0 aliphatic heterocycles. The van der Waals surface area contributed by atoms with E-state index in [-0.39, 0.29) is 16.9 Å². The van der Waals surface area contributed by atoms with Crippen LogP contribution in [0, 0.1) is 5.41 Å². The fraction of sp³-hybridized carbons (Fsp3) is 0.571. The second-order valence-corrected chi connectivity index (χ2v) is 5.50. The fourth-order valence-electron chi connectivity index (χ4n) is 2.53. The van der Waals surface area contributed by atoms with Crippen molar-refractivity contribution in [3.05, 3.63) is 34.2 Å². The average Bonchev–Trinajstić information content (AvgIpc) is 2.38. The molecule has 1 aliphatic carbocycles. The standard InChI is InChI=1S/C14H20N2O2/c1-14(7-3-2-4-8-14)10-16-13(18)11-5-6-12(17)15-9-11/h5-6,9H,2-4,7-8,10H2,1H3,(H,15,17)(H,16,18). The molecular formula is C14H20N2O2. The Hall–Kier alpha value is -1.58. The molecule has 2 N–H and O–H groups in total. The van der Waals surface area contributed by atoms with Crippen molar-refractivity contribution in [1.82, 2.24) is 10.3 Å². The van der Waals surface area contributed by atoms with Gasteiger partial charge in [0.25, 0.3) is 5.91 Å². The van der Waals surface area contributed by atoms with Crippen molar-refractivity contribution in [2.75, 3.05) is 6.54 Å². The molecule has 0 bridgehead atoms. The summed E-state index contributed by atoms with van der Waals surface area (Å²) in [6.07, 6.45) is 7.64. The molecule has 18 heavy (non-hydrogen) atoms. The third kappa shape index (κ3) is 3.22. The van der Waals surface area contributed by atoms with Crippen molar-refractivity contribution in [1.29, 1.82) is 0 Å². The predicted molar refractivity (Wildman–Crippen MR) is 70.6 cm³/mol. The Bertz CT molecular complexity index is 452. The first kappa shape index (κ1) is 12.9. The monoisotopic (exact) mass is 248 g/mol.